The summed E-state index contributed by atoms with van der Waals surface area (Å²) in [6.45, 7) is 0. The first kappa shape index (κ1) is 11.1. The lowest BCUT2D eigenvalue weighted by molar-refractivity contribution is 0.102. The Morgan fingerprint density at radius 2 is 2.06 bits per heavy atom. The molecule has 1 amide bonds. The van der Waals surface area contributed by atoms with Gasteiger partial charge >= 0.3 is 0 Å². The zero-order valence-electron chi connectivity index (χ0n) is 8.39. The molecule has 1 N–H and O–H groups in total. The standard InChI is InChI=1S/C10H6F2N4O/c11-8-6(3-5-13-9(8)12)10(17)15-7-2-1-4-14-16-7/h1-5H,(H,15,16,17). The summed E-state index contributed by atoms with van der Waals surface area (Å²) in [7, 11) is 0. The van der Waals surface area contributed by atoms with Gasteiger partial charge in [-0.05, 0) is 18.2 Å². The van der Waals surface area contributed by atoms with Crippen molar-refractivity contribution in [3.05, 3.63) is 47.9 Å². The third-order valence-electron chi connectivity index (χ3n) is 1.91. The fourth-order valence-corrected chi connectivity index (χ4v) is 1.15. The van der Waals surface area contributed by atoms with E-state index in [4.69, 9.17) is 0 Å². The van der Waals surface area contributed by atoms with Gasteiger partial charge in [0.05, 0.1) is 5.56 Å². The van der Waals surface area contributed by atoms with Crippen molar-refractivity contribution in [2.45, 2.75) is 0 Å². The summed E-state index contributed by atoms with van der Waals surface area (Å²) >= 11 is 0. The number of hydrogen-bond acceptors (Lipinski definition) is 4. The molecule has 0 unspecified atom stereocenters. The third kappa shape index (κ3) is 2.39. The predicted molar refractivity (Wildman–Crippen MR) is 54.1 cm³/mol. The lowest BCUT2D eigenvalue weighted by Gasteiger charge is -2.04. The van der Waals surface area contributed by atoms with Crippen molar-refractivity contribution < 1.29 is 13.6 Å². The van der Waals surface area contributed by atoms with Gasteiger partial charge in [0.25, 0.3) is 5.91 Å². The molecule has 2 aromatic rings. The molecule has 86 valence electrons. The van der Waals surface area contributed by atoms with E-state index in [1.807, 2.05) is 0 Å². The van der Waals surface area contributed by atoms with Gasteiger partial charge in [0, 0.05) is 12.4 Å². The van der Waals surface area contributed by atoms with E-state index in [0.29, 0.717) is 0 Å². The number of nitrogens with one attached hydrogen (secondary N) is 1. The van der Waals surface area contributed by atoms with E-state index in [1.165, 1.54) is 12.3 Å². The Morgan fingerprint density at radius 3 is 2.76 bits per heavy atom. The molecule has 2 aromatic heterocycles. The van der Waals surface area contributed by atoms with Crippen molar-refractivity contribution in [2.24, 2.45) is 0 Å². The number of hydrogen-bond donors (Lipinski definition) is 1. The van der Waals surface area contributed by atoms with Gasteiger partial charge < -0.3 is 5.32 Å². The van der Waals surface area contributed by atoms with Gasteiger partial charge in [-0.25, -0.2) is 9.37 Å². The van der Waals surface area contributed by atoms with Crippen LogP contribution in [0, 0.1) is 11.8 Å². The van der Waals surface area contributed by atoms with Crippen LogP contribution in [-0.4, -0.2) is 21.1 Å². The second-order valence-corrected chi connectivity index (χ2v) is 3.03. The number of pyridine rings is 1. The van der Waals surface area contributed by atoms with Crippen LogP contribution in [-0.2, 0) is 0 Å². The number of nitrogens with zero attached hydrogens (tertiary/aromatic N) is 3. The van der Waals surface area contributed by atoms with Crippen LogP contribution in [0.3, 0.4) is 0 Å². The topological polar surface area (TPSA) is 67.8 Å². The summed E-state index contributed by atoms with van der Waals surface area (Å²) in [5.41, 5.74) is -0.442. The van der Waals surface area contributed by atoms with E-state index in [1.54, 1.807) is 6.07 Å². The number of aromatic nitrogens is 3. The molecule has 5 nitrogen and oxygen atoms in total. The van der Waals surface area contributed by atoms with Crippen molar-refractivity contribution in [3.8, 4) is 0 Å². The van der Waals surface area contributed by atoms with Crippen LogP contribution in [0.4, 0.5) is 14.6 Å². The molecule has 0 fully saturated rings. The fourth-order valence-electron chi connectivity index (χ4n) is 1.15. The van der Waals surface area contributed by atoms with Crippen LogP contribution < -0.4 is 5.32 Å². The largest absolute Gasteiger partial charge is 0.305 e. The Kier molecular flexibility index (Phi) is 2.99. The van der Waals surface area contributed by atoms with Gasteiger partial charge in [-0.15, -0.1) is 5.10 Å². The van der Waals surface area contributed by atoms with Crippen molar-refractivity contribution in [3.63, 3.8) is 0 Å². The zero-order valence-corrected chi connectivity index (χ0v) is 8.39. The minimum atomic E-state index is -1.32. The molecule has 0 aliphatic heterocycles. The van der Waals surface area contributed by atoms with E-state index in [9.17, 15) is 13.6 Å². The SMILES string of the molecule is O=C(Nc1cccnn1)c1ccnc(F)c1F. The van der Waals surface area contributed by atoms with E-state index in [0.717, 1.165) is 12.3 Å². The molecule has 0 saturated heterocycles. The van der Waals surface area contributed by atoms with Gasteiger partial charge in [0.15, 0.2) is 11.6 Å². The van der Waals surface area contributed by atoms with E-state index in [2.05, 4.69) is 20.5 Å². The van der Waals surface area contributed by atoms with Gasteiger partial charge in [0.2, 0.25) is 5.95 Å². The van der Waals surface area contributed by atoms with E-state index >= 15 is 0 Å². The highest BCUT2D eigenvalue weighted by Gasteiger charge is 2.16. The molecule has 0 spiro atoms. The number of anilines is 1. The monoisotopic (exact) mass is 236 g/mol. The van der Waals surface area contributed by atoms with Gasteiger partial charge in [-0.3, -0.25) is 4.79 Å². The zero-order chi connectivity index (χ0) is 12.3. The summed E-state index contributed by atoms with van der Waals surface area (Å²) < 4.78 is 26.0. The first-order valence-corrected chi connectivity index (χ1v) is 4.57. The van der Waals surface area contributed by atoms with Gasteiger partial charge in [0.1, 0.15) is 0 Å². The molecule has 17 heavy (non-hydrogen) atoms. The molecule has 2 rings (SSSR count). The molecule has 0 saturated carbocycles. The smallest absolute Gasteiger partial charge is 0.260 e. The Labute approximate surface area is 94.5 Å². The Balaban J connectivity index is 2.24. The molecule has 0 bridgehead atoms. The summed E-state index contributed by atoms with van der Waals surface area (Å²) in [6.07, 6.45) is 2.42. The van der Waals surface area contributed by atoms with Crippen molar-refractivity contribution in [2.75, 3.05) is 5.32 Å². The van der Waals surface area contributed by atoms with Gasteiger partial charge in [-0.1, -0.05) is 0 Å². The highest BCUT2D eigenvalue weighted by atomic mass is 19.2. The molecule has 0 aliphatic carbocycles. The molecule has 7 heteroatoms. The van der Waals surface area contributed by atoms with Crippen molar-refractivity contribution >= 4 is 11.7 Å². The average Bonchev–Trinajstić information content (AvgIpc) is 2.34. The highest BCUT2D eigenvalue weighted by molar-refractivity contribution is 6.03. The summed E-state index contributed by atoms with van der Waals surface area (Å²) in [5, 5.41) is 9.39. The molecular formula is C10H6F2N4O. The molecular weight excluding hydrogens is 230 g/mol. The predicted octanol–water partition coefficient (Wildman–Crippen LogP) is 1.40. The Bertz CT molecular complexity index is 547. The quantitative estimate of drug-likeness (QED) is 0.800. The van der Waals surface area contributed by atoms with Crippen LogP contribution in [0.5, 0.6) is 0 Å². The summed E-state index contributed by atoms with van der Waals surface area (Å²) in [6, 6.07) is 4.09. The van der Waals surface area contributed by atoms with Crippen molar-refractivity contribution in [1.82, 2.24) is 15.2 Å². The molecule has 2 heterocycles. The van der Waals surface area contributed by atoms with Crippen LogP contribution >= 0.6 is 0 Å². The second-order valence-electron chi connectivity index (χ2n) is 3.03. The first-order valence-electron chi connectivity index (χ1n) is 4.57. The van der Waals surface area contributed by atoms with E-state index < -0.39 is 23.2 Å². The number of halogens is 2. The van der Waals surface area contributed by atoms with Crippen molar-refractivity contribution in [1.29, 1.82) is 0 Å². The minimum Gasteiger partial charge on any atom is -0.305 e. The summed E-state index contributed by atoms with van der Waals surface area (Å²) in [5.74, 6) is -3.29. The molecule has 0 radical (unpaired) electrons. The first-order chi connectivity index (χ1) is 8.18. The number of carbonyl (C=O) groups is 1. The third-order valence-corrected chi connectivity index (χ3v) is 1.91. The average molecular weight is 236 g/mol. The number of amides is 1. The Hall–Kier alpha value is -2.44. The van der Waals surface area contributed by atoms with Crippen LogP contribution in [0.15, 0.2) is 30.6 Å². The maximum atomic E-state index is 13.2. The molecule has 0 aromatic carbocycles. The second kappa shape index (κ2) is 4.60. The van der Waals surface area contributed by atoms with Crippen LogP contribution in [0.2, 0.25) is 0 Å². The van der Waals surface area contributed by atoms with E-state index in [-0.39, 0.29) is 5.82 Å². The van der Waals surface area contributed by atoms with Crippen LogP contribution in [0.25, 0.3) is 0 Å². The lowest BCUT2D eigenvalue weighted by Crippen LogP contribution is -2.16. The summed E-state index contributed by atoms with van der Waals surface area (Å²) in [4.78, 5) is 14.7. The Morgan fingerprint density at radius 1 is 1.24 bits per heavy atom. The maximum Gasteiger partial charge on any atom is 0.260 e. The number of carbonyl (C=O) groups excluding carboxylic acids is 1. The van der Waals surface area contributed by atoms with Gasteiger partial charge in [-0.2, -0.15) is 9.49 Å². The molecule has 0 atom stereocenters. The minimum absolute atomic E-state index is 0.147. The fraction of sp³-hybridized carbons (Fsp3) is 0. The lowest BCUT2D eigenvalue weighted by atomic mass is 10.2. The number of rotatable bonds is 2. The normalized spacial score (nSPS) is 10.0. The maximum absolute atomic E-state index is 13.2. The van der Waals surface area contributed by atoms with Crippen LogP contribution in [0.1, 0.15) is 10.4 Å². The highest BCUT2D eigenvalue weighted by Crippen LogP contribution is 2.10. The molecule has 0 aliphatic rings.